The molecule has 1 aromatic heterocycles. The molecule has 1 rings (SSSR count). The molecule has 94 valence electrons. The maximum atomic E-state index is 10.8. The molecule has 6 nitrogen and oxygen atoms in total. The number of carbonyl (C=O) groups is 1. The maximum absolute atomic E-state index is 10.8. The van der Waals surface area contributed by atoms with E-state index in [2.05, 4.69) is 10.3 Å². The molecule has 1 aromatic rings. The van der Waals surface area contributed by atoms with Gasteiger partial charge in [-0.15, -0.1) is 0 Å². The SMILES string of the molecule is COC(C)(C)CNc1nc(C(=O)O)ccc1N. The molecule has 0 bridgehead atoms. The molecule has 0 fully saturated rings. The summed E-state index contributed by atoms with van der Waals surface area (Å²) in [5.41, 5.74) is 5.68. The Kier molecular flexibility index (Phi) is 3.90. The van der Waals surface area contributed by atoms with Crippen molar-refractivity contribution in [1.29, 1.82) is 0 Å². The van der Waals surface area contributed by atoms with Gasteiger partial charge in [0.2, 0.25) is 0 Å². The molecular weight excluding hydrogens is 222 g/mol. The zero-order chi connectivity index (χ0) is 13.1. The van der Waals surface area contributed by atoms with Gasteiger partial charge in [0, 0.05) is 13.7 Å². The molecule has 0 aliphatic rings. The summed E-state index contributed by atoms with van der Waals surface area (Å²) < 4.78 is 5.23. The van der Waals surface area contributed by atoms with Gasteiger partial charge in [-0.2, -0.15) is 0 Å². The molecule has 0 unspecified atom stereocenters. The fourth-order valence-electron chi connectivity index (χ4n) is 1.10. The van der Waals surface area contributed by atoms with Gasteiger partial charge in [-0.3, -0.25) is 0 Å². The van der Waals surface area contributed by atoms with Crippen LogP contribution in [0.5, 0.6) is 0 Å². The van der Waals surface area contributed by atoms with Gasteiger partial charge >= 0.3 is 5.97 Å². The normalized spacial score (nSPS) is 11.2. The number of nitrogens with one attached hydrogen (secondary N) is 1. The number of aromatic carboxylic acids is 1. The number of carboxylic acids is 1. The van der Waals surface area contributed by atoms with Gasteiger partial charge in [0.05, 0.1) is 11.3 Å². The average molecular weight is 239 g/mol. The Balaban J connectivity index is 2.83. The number of hydrogen-bond acceptors (Lipinski definition) is 5. The predicted octanol–water partition coefficient (Wildman–Crippen LogP) is 1.20. The van der Waals surface area contributed by atoms with Crippen molar-refractivity contribution in [2.45, 2.75) is 19.4 Å². The van der Waals surface area contributed by atoms with Crippen molar-refractivity contribution in [2.24, 2.45) is 0 Å². The number of carboxylic acid groups (broad SMARTS) is 1. The Bertz CT molecular complexity index is 418. The number of ether oxygens (including phenoxy) is 1. The van der Waals surface area contributed by atoms with E-state index in [4.69, 9.17) is 15.6 Å². The Labute approximate surface area is 99.8 Å². The molecule has 0 saturated carbocycles. The Morgan fingerprint density at radius 2 is 2.24 bits per heavy atom. The van der Waals surface area contributed by atoms with Crippen LogP contribution in [0.1, 0.15) is 24.3 Å². The lowest BCUT2D eigenvalue weighted by atomic mass is 10.1. The van der Waals surface area contributed by atoms with Crippen LogP contribution >= 0.6 is 0 Å². The standard InChI is InChI=1S/C11H17N3O3/c1-11(2,17-3)6-13-9-7(12)4-5-8(14-9)10(15)16/h4-5H,6,12H2,1-3H3,(H,13,14)(H,15,16). The second kappa shape index (κ2) is 5.01. The van der Waals surface area contributed by atoms with Crippen LogP contribution < -0.4 is 11.1 Å². The van der Waals surface area contributed by atoms with Gasteiger partial charge in [-0.25, -0.2) is 9.78 Å². The first-order valence-electron chi connectivity index (χ1n) is 5.14. The van der Waals surface area contributed by atoms with Crippen molar-refractivity contribution in [3.05, 3.63) is 17.8 Å². The van der Waals surface area contributed by atoms with Gasteiger partial charge in [-0.05, 0) is 26.0 Å². The highest BCUT2D eigenvalue weighted by atomic mass is 16.5. The third-order valence-corrected chi connectivity index (χ3v) is 2.38. The Hall–Kier alpha value is -1.82. The monoisotopic (exact) mass is 239 g/mol. The van der Waals surface area contributed by atoms with Gasteiger partial charge < -0.3 is 20.9 Å². The Morgan fingerprint density at radius 3 is 2.76 bits per heavy atom. The summed E-state index contributed by atoms with van der Waals surface area (Å²) >= 11 is 0. The zero-order valence-electron chi connectivity index (χ0n) is 10.2. The van der Waals surface area contributed by atoms with Crippen LogP contribution in [0.25, 0.3) is 0 Å². The van der Waals surface area contributed by atoms with Crippen LogP contribution in [0.4, 0.5) is 11.5 Å². The van der Waals surface area contributed by atoms with Gasteiger partial charge in [-0.1, -0.05) is 0 Å². The smallest absolute Gasteiger partial charge is 0.354 e. The van der Waals surface area contributed by atoms with E-state index >= 15 is 0 Å². The van der Waals surface area contributed by atoms with E-state index in [9.17, 15) is 4.79 Å². The lowest BCUT2D eigenvalue weighted by Gasteiger charge is -2.23. The first-order valence-corrected chi connectivity index (χ1v) is 5.14. The molecule has 17 heavy (non-hydrogen) atoms. The van der Waals surface area contributed by atoms with Crippen molar-refractivity contribution in [3.8, 4) is 0 Å². The number of nitrogen functional groups attached to an aromatic ring is 1. The van der Waals surface area contributed by atoms with Crippen molar-refractivity contribution >= 4 is 17.5 Å². The number of nitrogens with two attached hydrogens (primary N) is 1. The zero-order valence-corrected chi connectivity index (χ0v) is 10.2. The number of hydrogen-bond donors (Lipinski definition) is 3. The number of aromatic nitrogens is 1. The van der Waals surface area contributed by atoms with Gasteiger partial charge in [0.25, 0.3) is 0 Å². The number of anilines is 2. The third-order valence-electron chi connectivity index (χ3n) is 2.38. The quantitative estimate of drug-likeness (QED) is 0.714. The number of pyridine rings is 1. The lowest BCUT2D eigenvalue weighted by Crippen LogP contribution is -2.32. The van der Waals surface area contributed by atoms with E-state index in [1.54, 1.807) is 7.11 Å². The minimum atomic E-state index is -1.08. The molecule has 0 spiro atoms. The number of methoxy groups -OCH3 is 1. The van der Waals surface area contributed by atoms with Crippen molar-refractivity contribution in [1.82, 2.24) is 4.98 Å². The van der Waals surface area contributed by atoms with Gasteiger partial charge in [0.1, 0.15) is 5.82 Å². The number of nitrogens with zero attached hydrogens (tertiary/aromatic N) is 1. The van der Waals surface area contributed by atoms with Crippen molar-refractivity contribution in [2.75, 3.05) is 24.7 Å². The second-order valence-corrected chi connectivity index (χ2v) is 4.26. The summed E-state index contributed by atoms with van der Waals surface area (Å²) in [4.78, 5) is 14.7. The summed E-state index contributed by atoms with van der Waals surface area (Å²) in [7, 11) is 1.60. The van der Waals surface area contributed by atoms with E-state index in [1.807, 2.05) is 13.8 Å². The lowest BCUT2D eigenvalue weighted by molar-refractivity contribution is 0.0343. The van der Waals surface area contributed by atoms with E-state index in [-0.39, 0.29) is 11.3 Å². The van der Waals surface area contributed by atoms with Crippen LogP contribution in [0, 0.1) is 0 Å². The summed E-state index contributed by atoms with van der Waals surface area (Å²) in [6.45, 7) is 4.28. The maximum Gasteiger partial charge on any atom is 0.354 e. The molecule has 0 aliphatic carbocycles. The van der Waals surface area contributed by atoms with Crippen LogP contribution in [0.3, 0.4) is 0 Å². The molecular formula is C11H17N3O3. The van der Waals surface area contributed by atoms with Gasteiger partial charge in [0.15, 0.2) is 5.69 Å². The molecule has 0 amide bonds. The fourth-order valence-corrected chi connectivity index (χ4v) is 1.10. The van der Waals surface area contributed by atoms with E-state index in [0.717, 1.165) is 0 Å². The topological polar surface area (TPSA) is 97.5 Å². The predicted molar refractivity (Wildman–Crippen MR) is 65.2 cm³/mol. The van der Waals surface area contributed by atoms with Crippen LogP contribution in [0.15, 0.2) is 12.1 Å². The van der Waals surface area contributed by atoms with Crippen LogP contribution in [-0.2, 0) is 4.74 Å². The molecule has 0 radical (unpaired) electrons. The first kappa shape index (κ1) is 13.2. The largest absolute Gasteiger partial charge is 0.477 e. The fraction of sp³-hybridized carbons (Fsp3) is 0.455. The van der Waals surface area contributed by atoms with Crippen LogP contribution in [-0.4, -0.2) is 35.3 Å². The summed E-state index contributed by atoms with van der Waals surface area (Å²) in [5, 5.41) is 11.8. The third kappa shape index (κ3) is 3.60. The average Bonchev–Trinajstić information content (AvgIpc) is 2.27. The molecule has 0 saturated heterocycles. The van der Waals surface area contributed by atoms with E-state index in [0.29, 0.717) is 18.1 Å². The second-order valence-electron chi connectivity index (χ2n) is 4.26. The minimum absolute atomic E-state index is 0.0445. The summed E-state index contributed by atoms with van der Waals surface area (Å²) in [6.07, 6.45) is 0. The highest BCUT2D eigenvalue weighted by molar-refractivity contribution is 5.86. The minimum Gasteiger partial charge on any atom is -0.477 e. The molecule has 1 heterocycles. The summed E-state index contributed by atoms with van der Waals surface area (Å²) in [6, 6.07) is 2.88. The van der Waals surface area contributed by atoms with Crippen molar-refractivity contribution in [3.63, 3.8) is 0 Å². The molecule has 0 aromatic carbocycles. The van der Waals surface area contributed by atoms with E-state index in [1.165, 1.54) is 12.1 Å². The number of rotatable bonds is 5. The molecule has 0 atom stereocenters. The summed E-state index contributed by atoms with van der Waals surface area (Å²) in [5.74, 6) is -0.728. The molecule has 4 N–H and O–H groups in total. The Morgan fingerprint density at radius 1 is 1.59 bits per heavy atom. The van der Waals surface area contributed by atoms with Crippen LogP contribution in [0.2, 0.25) is 0 Å². The first-order chi connectivity index (χ1) is 7.85. The molecule has 6 heteroatoms. The van der Waals surface area contributed by atoms with E-state index < -0.39 is 5.97 Å². The highest BCUT2D eigenvalue weighted by Gasteiger charge is 2.17. The molecule has 0 aliphatic heterocycles. The highest BCUT2D eigenvalue weighted by Crippen LogP contribution is 2.17. The van der Waals surface area contributed by atoms with Crippen molar-refractivity contribution < 1.29 is 14.6 Å².